The number of Topliss-reactive ketones (excluding diaryl/α,β-unsaturated/α-hetero) is 1. The van der Waals surface area contributed by atoms with Gasteiger partial charge in [-0.25, -0.2) is 4.79 Å². The average Bonchev–Trinajstić information content (AvgIpc) is 3.04. The van der Waals surface area contributed by atoms with E-state index in [1.165, 1.54) is 5.56 Å². The Morgan fingerprint density at radius 2 is 1.71 bits per heavy atom. The van der Waals surface area contributed by atoms with Crippen LogP contribution in [-0.4, -0.2) is 11.8 Å². The van der Waals surface area contributed by atoms with Crippen LogP contribution in [0.5, 0.6) is 11.5 Å². The Balaban J connectivity index is 1.57. The molecule has 0 amide bonds. The van der Waals surface area contributed by atoms with Gasteiger partial charge in [0, 0.05) is 11.1 Å². The lowest BCUT2D eigenvalue weighted by molar-refractivity contribution is 0.0734. The lowest BCUT2D eigenvalue weighted by atomic mass is 10.0. The van der Waals surface area contributed by atoms with Crippen molar-refractivity contribution in [2.24, 2.45) is 0 Å². The molecule has 0 aliphatic carbocycles. The molecule has 31 heavy (non-hydrogen) atoms. The minimum atomic E-state index is -0.513. The predicted octanol–water partition coefficient (Wildman–Crippen LogP) is 6.61. The van der Waals surface area contributed by atoms with Gasteiger partial charge >= 0.3 is 5.97 Å². The van der Waals surface area contributed by atoms with Crippen molar-refractivity contribution in [1.29, 1.82) is 0 Å². The number of carbonyl (C=O) groups is 2. The molecule has 0 fully saturated rings. The lowest BCUT2D eigenvalue weighted by Crippen LogP contribution is -2.08. The number of fused-ring (bicyclic) bond motifs is 1. The fourth-order valence-corrected chi connectivity index (χ4v) is 3.54. The highest BCUT2D eigenvalue weighted by molar-refractivity contribution is 6.30. The van der Waals surface area contributed by atoms with E-state index in [0.29, 0.717) is 39.1 Å². The molecule has 4 nitrogen and oxygen atoms in total. The van der Waals surface area contributed by atoms with E-state index in [-0.39, 0.29) is 11.5 Å². The smallest absolute Gasteiger partial charge is 0.343 e. The predicted molar refractivity (Wildman–Crippen MR) is 121 cm³/mol. The normalized spacial score (nSPS) is 14.0. The van der Waals surface area contributed by atoms with Gasteiger partial charge in [-0.1, -0.05) is 49.7 Å². The summed E-state index contributed by atoms with van der Waals surface area (Å²) < 4.78 is 11.3. The molecule has 0 radical (unpaired) electrons. The topological polar surface area (TPSA) is 52.6 Å². The monoisotopic (exact) mass is 432 g/mol. The van der Waals surface area contributed by atoms with Gasteiger partial charge in [-0.05, 0) is 65.9 Å². The molecular weight excluding hydrogens is 412 g/mol. The Kier molecular flexibility index (Phi) is 5.66. The van der Waals surface area contributed by atoms with Crippen molar-refractivity contribution in [3.8, 4) is 11.5 Å². The van der Waals surface area contributed by atoms with Crippen LogP contribution in [0, 0.1) is 6.92 Å². The highest BCUT2D eigenvalue weighted by atomic mass is 35.5. The third-order valence-corrected chi connectivity index (χ3v) is 5.39. The maximum atomic E-state index is 12.9. The van der Waals surface area contributed by atoms with Crippen LogP contribution in [0.25, 0.3) is 6.08 Å². The number of halogens is 1. The fraction of sp³-hybridized carbons (Fsp3) is 0.154. The number of rotatable bonds is 4. The Labute approximate surface area is 186 Å². The summed E-state index contributed by atoms with van der Waals surface area (Å²) in [6.45, 7) is 6.06. The van der Waals surface area contributed by atoms with Gasteiger partial charge in [0.25, 0.3) is 0 Å². The zero-order chi connectivity index (χ0) is 22.1. The van der Waals surface area contributed by atoms with E-state index in [1.807, 2.05) is 24.3 Å². The van der Waals surface area contributed by atoms with Crippen molar-refractivity contribution in [2.45, 2.75) is 26.7 Å². The molecule has 0 N–H and O–H groups in total. The van der Waals surface area contributed by atoms with E-state index >= 15 is 0 Å². The van der Waals surface area contributed by atoms with Gasteiger partial charge in [0.2, 0.25) is 5.78 Å². The van der Waals surface area contributed by atoms with Crippen LogP contribution in [0.2, 0.25) is 5.02 Å². The quantitative estimate of drug-likeness (QED) is 0.264. The van der Waals surface area contributed by atoms with Gasteiger partial charge in [0.1, 0.15) is 11.5 Å². The number of ether oxygens (including phenoxy) is 2. The second kappa shape index (κ2) is 8.40. The first-order chi connectivity index (χ1) is 14.8. The zero-order valence-corrected chi connectivity index (χ0v) is 18.2. The third kappa shape index (κ3) is 4.39. The van der Waals surface area contributed by atoms with Crippen LogP contribution in [0.3, 0.4) is 0 Å². The summed E-state index contributed by atoms with van der Waals surface area (Å²) >= 11 is 5.86. The van der Waals surface area contributed by atoms with E-state index in [9.17, 15) is 9.59 Å². The number of allylic oxidation sites excluding steroid dienone is 1. The number of benzene rings is 3. The first-order valence-electron chi connectivity index (χ1n) is 9.98. The van der Waals surface area contributed by atoms with Crippen molar-refractivity contribution in [2.75, 3.05) is 0 Å². The van der Waals surface area contributed by atoms with Gasteiger partial charge in [-0.15, -0.1) is 0 Å². The van der Waals surface area contributed by atoms with Crippen LogP contribution in [0.4, 0.5) is 0 Å². The van der Waals surface area contributed by atoms with Gasteiger partial charge in [-0.2, -0.15) is 0 Å². The van der Waals surface area contributed by atoms with E-state index in [2.05, 4.69) is 13.8 Å². The van der Waals surface area contributed by atoms with Crippen LogP contribution < -0.4 is 9.47 Å². The minimum absolute atomic E-state index is 0.184. The maximum Gasteiger partial charge on any atom is 0.343 e. The summed E-state index contributed by atoms with van der Waals surface area (Å²) in [6, 6.07) is 17.7. The highest BCUT2D eigenvalue weighted by Gasteiger charge is 2.30. The third-order valence-electron chi connectivity index (χ3n) is 5.13. The molecule has 0 saturated carbocycles. The molecule has 1 aliphatic heterocycles. The van der Waals surface area contributed by atoms with Crippen molar-refractivity contribution in [3.05, 3.63) is 99.3 Å². The summed E-state index contributed by atoms with van der Waals surface area (Å²) in [4.78, 5) is 25.3. The van der Waals surface area contributed by atoms with Crippen molar-refractivity contribution in [3.63, 3.8) is 0 Å². The number of hydrogen-bond acceptors (Lipinski definition) is 4. The molecule has 0 bridgehead atoms. The Hall–Kier alpha value is -3.37. The maximum absolute atomic E-state index is 12.9. The highest BCUT2D eigenvalue weighted by Crippen LogP contribution is 2.37. The van der Waals surface area contributed by atoms with Gasteiger partial charge in [0.05, 0.1) is 11.1 Å². The fourth-order valence-electron chi connectivity index (χ4n) is 3.42. The zero-order valence-electron chi connectivity index (χ0n) is 17.4. The van der Waals surface area contributed by atoms with Gasteiger partial charge in [-0.3, -0.25) is 4.79 Å². The summed E-state index contributed by atoms with van der Waals surface area (Å²) in [5, 5.41) is 0.537. The molecular formula is C26H21ClO4. The van der Waals surface area contributed by atoms with Crippen molar-refractivity contribution < 1.29 is 19.1 Å². The Morgan fingerprint density at radius 3 is 2.35 bits per heavy atom. The lowest BCUT2D eigenvalue weighted by Gasteiger charge is -2.08. The molecule has 3 aromatic rings. The van der Waals surface area contributed by atoms with E-state index in [4.69, 9.17) is 21.1 Å². The molecule has 5 heteroatoms. The standard InChI is InChI=1S/C26H21ClO4/c1-15(2)18-6-4-17(5-7-18)13-23-25(28)24-16(3)12-21(14-22(24)31-23)30-26(29)19-8-10-20(27)11-9-19/h4-15H,1-3H3/b23-13-. The average molecular weight is 433 g/mol. The first kappa shape index (κ1) is 20.9. The van der Waals surface area contributed by atoms with E-state index in [1.54, 1.807) is 49.4 Å². The number of aryl methyl sites for hydroxylation is 1. The molecule has 1 heterocycles. The summed E-state index contributed by atoms with van der Waals surface area (Å²) in [6.07, 6.45) is 1.73. The number of esters is 1. The van der Waals surface area contributed by atoms with E-state index < -0.39 is 5.97 Å². The number of hydrogen-bond donors (Lipinski definition) is 0. The summed E-state index contributed by atoms with van der Waals surface area (Å²) in [5.74, 6) is 0.682. The first-order valence-corrected chi connectivity index (χ1v) is 10.4. The molecule has 156 valence electrons. The number of ketones is 1. The molecule has 3 aromatic carbocycles. The Bertz CT molecular complexity index is 1190. The molecule has 4 rings (SSSR count). The molecule has 0 aromatic heterocycles. The molecule has 0 atom stereocenters. The summed E-state index contributed by atoms with van der Waals surface area (Å²) in [7, 11) is 0. The largest absolute Gasteiger partial charge is 0.452 e. The van der Waals surface area contributed by atoms with Gasteiger partial charge < -0.3 is 9.47 Å². The van der Waals surface area contributed by atoms with Gasteiger partial charge in [0.15, 0.2) is 5.76 Å². The second-order valence-corrected chi connectivity index (χ2v) is 8.21. The van der Waals surface area contributed by atoms with Crippen LogP contribution in [0.1, 0.15) is 57.2 Å². The van der Waals surface area contributed by atoms with E-state index in [0.717, 1.165) is 5.56 Å². The second-order valence-electron chi connectivity index (χ2n) is 7.77. The van der Waals surface area contributed by atoms with Crippen LogP contribution in [-0.2, 0) is 0 Å². The van der Waals surface area contributed by atoms with Crippen molar-refractivity contribution in [1.82, 2.24) is 0 Å². The molecule has 1 aliphatic rings. The SMILES string of the molecule is Cc1cc(OC(=O)c2ccc(Cl)cc2)cc2c1C(=O)/C(=C/c1ccc(C(C)C)cc1)O2. The molecule has 0 spiro atoms. The minimum Gasteiger partial charge on any atom is -0.452 e. The van der Waals surface area contributed by atoms with Crippen LogP contribution >= 0.6 is 11.6 Å². The molecule has 0 unspecified atom stereocenters. The molecule has 0 saturated heterocycles. The summed E-state index contributed by atoms with van der Waals surface area (Å²) in [5.41, 5.74) is 3.65. The Morgan fingerprint density at radius 1 is 1.03 bits per heavy atom. The van der Waals surface area contributed by atoms with Crippen LogP contribution in [0.15, 0.2) is 66.4 Å². The van der Waals surface area contributed by atoms with Crippen molar-refractivity contribution >= 4 is 29.4 Å². The number of carbonyl (C=O) groups excluding carboxylic acids is 2.